The van der Waals surface area contributed by atoms with Crippen molar-refractivity contribution in [2.24, 2.45) is 10.7 Å². The summed E-state index contributed by atoms with van der Waals surface area (Å²) >= 11 is 7.09. The van der Waals surface area contributed by atoms with Crippen LogP contribution in [0.2, 0.25) is 5.02 Å². The number of hydrogen-bond donors (Lipinski definition) is 2. The average Bonchev–Trinajstić information content (AvgIpc) is 3.13. The van der Waals surface area contributed by atoms with Gasteiger partial charge in [-0.25, -0.2) is 4.99 Å². The zero-order chi connectivity index (χ0) is 22.5. The van der Waals surface area contributed by atoms with Gasteiger partial charge in [0.2, 0.25) is 0 Å². The second-order valence-electron chi connectivity index (χ2n) is 6.85. The number of halogens is 1. The summed E-state index contributed by atoms with van der Waals surface area (Å²) in [5, 5.41) is 3.78. The Morgan fingerprint density at radius 3 is 2.50 bits per heavy atom. The number of thioether (sulfide) groups is 1. The largest absolute Gasteiger partial charge is 0.489 e. The van der Waals surface area contributed by atoms with E-state index in [-0.39, 0.29) is 5.91 Å². The van der Waals surface area contributed by atoms with Crippen molar-refractivity contribution >= 4 is 52.1 Å². The highest BCUT2D eigenvalue weighted by molar-refractivity contribution is 8.18. The summed E-state index contributed by atoms with van der Waals surface area (Å²) in [6, 6.07) is 21.6. The van der Waals surface area contributed by atoms with Gasteiger partial charge in [0.15, 0.2) is 5.17 Å². The van der Waals surface area contributed by atoms with Gasteiger partial charge in [0, 0.05) is 5.02 Å². The van der Waals surface area contributed by atoms with E-state index in [1.54, 1.807) is 30.3 Å². The SMILES string of the molecule is NC(=O)c1ccccc1N=C1NC(=O)/C(=C/c2ccc(OCc3ccc(Cl)cc3)cc2)S1. The van der Waals surface area contributed by atoms with Crippen molar-refractivity contribution in [2.45, 2.75) is 6.61 Å². The van der Waals surface area contributed by atoms with Crippen LogP contribution in [0.25, 0.3) is 6.08 Å². The first-order valence-electron chi connectivity index (χ1n) is 9.64. The molecule has 1 aliphatic heterocycles. The van der Waals surface area contributed by atoms with Crippen molar-refractivity contribution in [2.75, 3.05) is 0 Å². The summed E-state index contributed by atoms with van der Waals surface area (Å²) in [7, 11) is 0. The molecule has 3 aromatic rings. The molecular formula is C24H18ClN3O3S. The summed E-state index contributed by atoms with van der Waals surface area (Å²) in [5.41, 5.74) is 7.96. The molecule has 6 nitrogen and oxygen atoms in total. The Hall–Kier alpha value is -3.55. The number of carbonyl (C=O) groups is 2. The van der Waals surface area contributed by atoms with Crippen molar-refractivity contribution < 1.29 is 14.3 Å². The molecule has 2 amide bonds. The number of aliphatic imine (C=N–C) groups is 1. The molecule has 0 bridgehead atoms. The molecule has 0 saturated carbocycles. The number of para-hydroxylation sites is 1. The number of nitrogens with one attached hydrogen (secondary N) is 1. The number of ether oxygens (including phenoxy) is 1. The first-order chi connectivity index (χ1) is 15.5. The second-order valence-corrected chi connectivity index (χ2v) is 8.31. The van der Waals surface area contributed by atoms with Gasteiger partial charge in [0.1, 0.15) is 12.4 Å². The van der Waals surface area contributed by atoms with Gasteiger partial charge in [0.25, 0.3) is 11.8 Å². The van der Waals surface area contributed by atoms with E-state index in [4.69, 9.17) is 22.1 Å². The fraction of sp³-hybridized carbons (Fsp3) is 0.0417. The zero-order valence-corrected chi connectivity index (χ0v) is 18.3. The van der Waals surface area contributed by atoms with Gasteiger partial charge in [-0.2, -0.15) is 0 Å². The molecule has 0 radical (unpaired) electrons. The summed E-state index contributed by atoms with van der Waals surface area (Å²) in [4.78, 5) is 28.8. The maximum Gasteiger partial charge on any atom is 0.264 e. The second kappa shape index (κ2) is 9.72. The van der Waals surface area contributed by atoms with Crippen LogP contribution in [-0.4, -0.2) is 17.0 Å². The molecule has 3 N–H and O–H groups in total. The van der Waals surface area contributed by atoms with E-state index >= 15 is 0 Å². The van der Waals surface area contributed by atoms with Crippen molar-refractivity contribution in [1.29, 1.82) is 0 Å². The van der Waals surface area contributed by atoms with Crippen molar-refractivity contribution in [3.8, 4) is 5.75 Å². The van der Waals surface area contributed by atoms with Gasteiger partial charge in [-0.1, -0.05) is 48.0 Å². The predicted octanol–water partition coefficient (Wildman–Crippen LogP) is 4.91. The minimum absolute atomic E-state index is 0.256. The molecule has 0 aliphatic carbocycles. The Kier molecular flexibility index (Phi) is 6.58. The van der Waals surface area contributed by atoms with E-state index in [2.05, 4.69) is 10.3 Å². The third kappa shape index (κ3) is 5.38. The minimum Gasteiger partial charge on any atom is -0.489 e. The Labute approximate surface area is 194 Å². The molecule has 0 spiro atoms. The number of carbonyl (C=O) groups excluding carboxylic acids is 2. The maximum absolute atomic E-state index is 12.3. The maximum atomic E-state index is 12.3. The standard InChI is InChI=1S/C24H18ClN3O3S/c25-17-9-5-16(6-10-17)14-31-18-11-7-15(8-12-18)13-21-23(30)28-24(32-21)27-20-4-2-1-3-19(20)22(26)29/h1-13H,14H2,(H2,26,29)(H,27,28,30)/b21-13-. The molecule has 8 heteroatoms. The van der Waals surface area contributed by atoms with E-state index < -0.39 is 5.91 Å². The van der Waals surface area contributed by atoms with Crippen LogP contribution in [0.15, 0.2) is 82.7 Å². The number of amides is 2. The number of amidine groups is 1. The molecule has 32 heavy (non-hydrogen) atoms. The van der Waals surface area contributed by atoms with Gasteiger partial charge < -0.3 is 15.8 Å². The predicted molar refractivity (Wildman–Crippen MR) is 128 cm³/mol. The van der Waals surface area contributed by atoms with Crippen LogP contribution in [0.1, 0.15) is 21.5 Å². The molecular weight excluding hydrogens is 446 g/mol. The quantitative estimate of drug-likeness (QED) is 0.508. The number of hydrogen-bond acceptors (Lipinski definition) is 5. The smallest absolute Gasteiger partial charge is 0.264 e. The van der Waals surface area contributed by atoms with Crippen LogP contribution in [0.3, 0.4) is 0 Å². The molecule has 1 fully saturated rings. The van der Waals surface area contributed by atoms with E-state index in [9.17, 15) is 9.59 Å². The lowest BCUT2D eigenvalue weighted by Crippen LogP contribution is -2.19. The van der Waals surface area contributed by atoms with Gasteiger partial charge in [-0.15, -0.1) is 0 Å². The number of nitrogens with zero attached hydrogens (tertiary/aromatic N) is 1. The van der Waals surface area contributed by atoms with Crippen LogP contribution in [-0.2, 0) is 11.4 Å². The number of rotatable bonds is 6. The van der Waals surface area contributed by atoms with Crippen molar-refractivity contribution in [3.63, 3.8) is 0 Å². The van der Waals surface area contributed by atoms with Gasteiger partial charge in [-0.05, 0) is 65.4 Å². The Balaban J connectivity index is 1.43. The summed E-state index contributed by atoms with van der Waals surface area (Å²) in [6.45, 7) is 0.433. The number of benzene rings is 3. The van der Waals surface area contributed by atoms with Gasteiger partial charge in [-0.3, -0.25) is 9.59 Å². The first kappa shape index (κ1) is 21.7. The molecule has 1 heterocycles. The van der Waals surface area contributed by atoms with Crippen molar-refractivity contribution in [1.82, 2.24) is 5.32 Å². The fourth-order valence-corrected chi connectivity index (χ4v) is 3.89. The van der Waals surface area contributed by atoms with E-state index in [1.165, 1.54) is 11.8 Å². The molecule has 3 aromatic carbocycles. The van der Waals surface area contributed by atoms with Crippen LogP contribution < -0.4 is 15.8 Å². The Bertz CT molecular complexity index is 1220. The van der Waals surface area contributed by atoms with Crippen LogP contribution in [0.4, 0.5) is 5.69 Å². The highest BCUT2D eigenvalue weighted by Gasteiger charge is 2.24. The lowest BCUT2D eigenvalue weighted by atomic mass is 10.2. The van der Waals surface area contributed by atoms with Gasteiger partial charge >= 0.3 is 0 Å². The third-order valence-electron chi connectivity index (χ3n) is 4.54. The van der Waals surface area contributed by atoms with Crippen LogP contribution >= 0.6 is 23.4 Å². The lowest BCUT2D eigenvalue weighted by molar-refractivity contribution is -0.115. The Morgan fingerprint density at radius 2 is 1.78 bits per heavy atom. The van der Waals surface area contributed by atoms with Crippen LogP contribution in [0.5, 0.6) is 5.75 Å². The lowest BCUT2D eigenvalue weighted by Gasteiger charge is -2.06. The highest BCUT2D eigenvalue weighted by Crippen LogP contribution is 2.29. The molecule has 0 unspecified atom stereocenters. The topological polar surface area (TPSA) is 93.8 Å². The monoisotopic (exact) mass is 463 g/mol. The summed E-state index contributed by atoms with van der Waals surface area (Å²) < 4.78 is 5.79. The zero-order valence-electron chi connectivity index (χ0n) is 16.7. The summed E-state index contributed by atoms with van der Waals surface area (Å²) in [5.74, 6) is -0.113. The Morgan fingerprint density at radius 1 is 1.06 bits per heavy atom. The molecule has 4 rings (SSSR count). The summed E-state index contributed by atoms with van der Waals surface area (Å²) in [6.07, 6.45) is 1.77. The first-order valence-corrected chi connectivity index (χ1v) is 10.8. The van der Waals surface area contributed by atoms with Crippen molar-refractivity contribution in [3.05, 3.63) is 99.4 Å². The van der Waals surface area contributed by atoms with E-state index in [1.807, 2.05) is 48.5 Å². The average molecular weight is 464 g/mol. The fourth-order valence-electron chi connectivity index (χ4n) is 2.93. The van der Waals surface area contributed by atoms with E-state index in [0.717, 1.165) is 16.9 Å². The minimum atomic E-state index is -0.576. The molecule has 1 aliphatic rings. The number of primary amides is 1. The van der Waals surface area contributed by atoms with Gasteiger partial charge in [0.05, 0.1) is 16.2 Å². The van der Waals surface area contributed by atoms with E-state index in [0.29, 0.717) is 33.0 Å². The molecule has 0 aromatic heterocycles. The highest BCUT2D eigenvalue weighted by atomic mass is 35.5. The number of nitrogens with two attached hydrogens (primary N) is 1. The molecule has 0 atom stereocenters. The molecule has 160 valence electrons. The van der Waals surface area contributed by atoms with Crippen LogP contribution in [0, 0.1) is 0 Å². The normalized spacial score (nSPS) is 15.7. The third-order valence-corrected chi connectivity index (χ3v) is 5.70. The molecule has 1 saturated heterocycles.